The molecule has 1 amide bonds. The maximum atomic E-state index is 12.2. The highest BCUT2D eigenvalue weighted by atomic mass is 35.5. The van der Waals surface area contributed by atoms with E-state index in [1.807, 2.05) is 11.3 Å². The number of amides is 1. The van der Waals surface area contributed by atoms with E-state index in [1.165, 1.54) is 10.4 Å². The second kappa shape index (κ2) is 6.77. The highest BCUT2D eigenvalue weighted by molar-refractivity contribution is 7.10. The van der Waals surface area contributed by atoms with E-state index in [4.69, 9.17) is 11.6 Å². The minimum Gasteiger partial charge on any atom is -0.350 e. The first kappa shape index (κ1) is 15.5. The fourth-order valence-corrected chi connectivity index (χ4v) is 3.76. The normalized spacial score (nSPS) is 16.1. The molecule has 0 unspecified atom stereocenters. The standard InChI is InChI=1S/C16H18ClN3OS/c1-11(20-7-4-14-12(10-20)5-8-22-14)9-19-16(21)13-3-2-6-18-15(13)17/h2-3,5-6,8,11H,4,7,9-10H2,1H3,(H,19,21)/t11-/m0/s1. The molecular formula is C16H18ClN3OS. The number of pyridine rings is 1. The van der Waals surface area contributed by atoms with Gasteiger partial charge in [0.25, 0.3) is 5.91 Å². The number of nitrogens with one attached hydrogen (secondary N) is 1. The number of thiophene rings is 1. The third kappa shape index (κ3) is 3.32. The summed E-state index contributed by atoms with van der Waals surface area (Å²) in [6, 6.07) is 5.89. The lowest BCUT2D eigenvalue weighted by Crippen LogP contribution is -2.44. The van der Waals surface area contributed by atoms with E-state index < -0.39 is 0 Å². The lowest BCUT2D eigenvalue weighted by atomic mass is 10.1. The molecule has 1 atom stereocenters. The first-order valence-electron chi connectivity index (χ1n) is 7.33. The van der Waals surface area contributed by atoms with Crippen LogP contribution in [-0.4, -0.2) is 34.9 Å². The van der Waals surface area contributed by atoms with E-state index in [0.717, 1.165) is 19.5 Å². The molecule has 4 nitrogen and oxygen atoms in total. The quantitative estimate of drug-likeness (QED) is 0.874. The largest absolute Gasteiger partial charge is 0.350 e. The second-order valence-corrected chi connectivity index (χ2v) is 6.85. The van der Waals surface area contributed by atoms with Gasteiger partial charge >= 0.3 is 0 Å². The summed E-state index contributed by atoms with van der Waals surface area (Å²) in [6.45, 7) is 4.74. The van der Waals surface area contributed by atoms with Gasteiger partial charge in [-0.15, -0.1) is 11.3 Å². The van der Waals surface area contributed by atoms with Crippen molar-refractivity contribution in [1.29, 1.82) is 0 Å². The summed E-state index contributed by atoms with van der Waals surface area (Å²) in [5, 5.41) is 5.35. The number of carbonyl (C=O) groups is 1. The Kier molecular flexibility index (Phi) is 4.76. The Morgan fingerprint density at radius 1 is 1.55 bits per heavy atom. The molecule has 0 radical (unpaired) electrons. The summed E-state index contributed by atoms with van der Waals surface area (Å²) in [5.41, 5.74) is 1.85. The van der Waals surface area contributed by atoms with E-state index >= 15 is 0 Å². The molecule has 1 N–H and O–H groups in total. The molecule has 22 heavy (non-hydrogen) atoms. The van der Waals surface area contributed by atoms with Crippen molar-refractivity contribution in [2.75, 3.05) is 13.1 Å². The predicted octanol–water partition coefficient (Wildman–Crippen LogP) is 2.97. The maximum absolute atomic E-state index is 12.2. The molecule has 1 aliphatic heterocycles. The number of hydrogen-bond donors (Lipinski definition) is 1. The van der Waals surface area contributed by atoms with E-state index in [-0.39, 0.29) is 17.1 Å². The third-order valence-corrected chi connectivity index (χ3v) is 5.35. The number of fused-ring (bicyclic) bond motifs is 1. The summed E-state index contributed by atoms with van der Waals surface area (Å²) in [7, 11) is 0. The van der Waals surface area contributed by atoms with Crippen LogP contribution in [0.25, 0.3) is 0 Å². The molecule has 2 aromatic rings. The molecule has 3 rings (SSSR count). The highest BCUT2D eigenvalue weighted by Gasteiger charge is 2.22. The Labute approximate surface area is 139 Å². The first-order chi connectivity index (χ1) is 10.6. The summed E-state index contributed by atoms with van der Waals surface area (Å²) >= 11 is 7.78. The SMILES string of the molecule is C[C@@H](CNC(=O)c1cccnc1Cl)N1CCc2sccc2C1. The lowest BCUT2D eigenvalue weighted by molar-refractivity contribution is 0.0932. The summed E-state index contributed by atoms with van der Waals surface area (Å²) in [5.74, 6) is -0.168. The van der Waals surface area contributed by atoms with Crippen LogP contribution in [0.2, 0.25) is 5.15 Å². The number of nitrogens with zero attached hydrogens (tertiary/aromatic N) is 2. The monoisotopic (exact) mass is 335 g/mol. The van der Waals surface area contributed by atoms with Crippen LogP contribution in [0, 0.1) is 0 Å². The number of halogens is 1. The van der Waals surface area contributed by atoms with E-state index in [9.17, 15) is 4.79 Å². The molecule has 0 saturated carbocycles. The molecule has 1 aliphatic rings. The zero-order chi connectivity index (χ0) is 15.5. The Balaban J connectivity index is 1.56. The number of hydrogen-bond acceptors (Lipinski definition) is 4. The van der Waals surface area contributed by atoms with Gasteiger partial charge in [-0.25, -0.2) is 4.98 Å². The molecule has 3 heterocycles. The molecule has 0 aliphatic carbocycles. The molecule has 0 saturated heterocycles. The Bertz CT molecular complexity index is 673. The average Bonchev–Trinajstić information content (AvgIpc) is 3.00. The minimum atomic E-state index is -0.168. The van der Waals surface area contributed by atoms with Crippen molar-refractivity contribution in [1.82, 2.24) is 15.2 Å². The van der Waals surface area contributed by atoms with Gasteiger partial charge in [0, 0.05) is 36.8 Å². The lowest BCUT2D eigenvalue weighted by Gasteiger charge is -2.32. The Morgan fingerprint density at radius 2 is 2.41 bits per heavy atom. The van der Waals surface area contributed by atoms with Gasteiger partial charge in [0.1, 0.15) is 5.15 Å². The molecule has 0 spiro atoms. The van der Waals surface area contributed by atoms with E-state index in [0.29, 0.717) is 12.1 Å². The van der Waals surface area contributed by atoms with Crippen molar-refractivity contribution in [2.24, 2.45) is 0 Å². The Hall–Kier alpha value is -1.43. The van der Waals surface area contributed by atoms with Crippen LogP contribution in [0.3, 0.4) is 0 Å². The van der Waals surface area contributed by atoms with Gasteiger partial charge in [-0.2, -0.15) is 0 Å². The van der Waals surface area contributed by atoms with Gasteiger partial charge in [-0.3, -0.25) is 9.69 Å². The summed E-state index contributed by atoms with van der Waals surface area (Å²) in [4.78, 5) is 20.0. The van der Waals surface area contributed by atoms with Gasteiger partial charge in [-0.1, -0.05) is 11.6 Å². The van der Waals surface area contributed by atoms with Crippen molar-refractivity contribution in [2.45, 2.75) is 25.9 Å². The zero-order valence-electron chi connectivity index (χ0n) is 12.4. The number of aromatic nitrogens is 1. The third-order valence-electron chi connectivity index (χ3n) is 4.02. The second-order valence-electron chi connectivity index (χ2n) is 5.49. The molecular weight excluding hydrogens is 318 g/mol. The van der Waals surface area contributed by atoms with Crippen molar-refractivity contribution in [3.05, 3.63) is 50.9 Å². The van der Waals surface area contributed by atoms with Crippen molar-refractivity contribution in [3.63, 3.8) is 0 Å². The maximum Gasteiger partial charge on any atom is 0.254 e. The molecule has 0 bridgehead atoms. The molecule has 116 valence electrons. The van der Waals surface area contributed by atoms with Crippen LogP contribution in [0.15, 0.2) is 29.8 Å². The van der Waals surface area contributed by atoms with Gasteiger partial charge in [0.05, 0.1) is 5.56 Å². The van der Waals surface area contributed by atoms with E-state index in [2.05, 4.69) is 33.6 Å². The molecule has 6 heteroatoms. The van der Waals surface area contributed by atoms with Crippen molar-refractivity contribution < 1.29 is 4.79 Å². The van der Waals surface area contributed by atoms with Crippen molar-refractivity contribution in [3.8, 4) is 0 Å². The molecule has 2 aromatic heterocycles. The fraction of sp³-hybridized carbons (Fsp3) is 0.375. The van der Waals surface area contributed by atoms with Crippen molar-refractivity contribution >= 4 is 28.8 Å². The zero-order valence-corrected chi connectivity index (χ0v) is 14.0. The highest BCUT2D eigenvalue weighted by Crippen LogP contribution is 2.25. The fourth-order valence-electron chi connectivity index (χ4n) is 2.67. The van der Waals surface area contributed by atoms with Crippen LogP contribution in [0.5, 0.6) is 0 Å². The van der Waals surface area contributed by atoms with Crippen LogP contribution in [0.4, 0.5) is 0 Å². The summed E-state index contributed by atoms with van der Waals surface area (Å²) < 4.78 is 0. The van der Waals surface area contributed by atoms with Crippen LogP contribution < -0.4 is 5.32 Å². The van der Waals surface area contributed by atoms with Gasteiger partial charge in [0.15, 0.2) is 0 Å². The Morgan fingerprint density at radius 3 is 3.23 bits per heavy atom. The smallest absolute Gasteiger partial charge is 0.254 e. The molecule has 0 fully saturated rings. The minimum absolute atomic E-state index is 0.168. The topological polar surface area (TPSA) is 45.2 Å². The number of carbonyl (C=O) groups excluding carboxylic acids is 1. The molecule has 0 aromatic carbocycles. The van der Waals surface area contributed by atoms with Gasteiger partial charge in [-0.05, 0) is 42.5 Å². The summed E-state index contributed by atoms with van der Waals surface area (Å²) in [6.07, 6.45) is 2.67. The number of rotatable bonds is 4. The van der Waals surface area contributed by atoms with Crippen LogP contribution in [0.1, 0.15) is 27.7 Å². The van der Waals surface area contributed by atoms with Crippen LogP contribution in [-0.2, 0) is 13.0 Å². The van der Waals surface area contributed by atoms with E-state index in [1.54, 1.807) is 18.3 Å². The average molecular weight is 336 g/mol. The van der Waals surface area contributed by atoms with Gasteiger partial charge in [0.2, 0.25) is 0 Å². The predicted molar refractivity (Wildman–Crippen MR) is 89.5 cm³/mol. The van der Waals surface area contributed by atoms with Crippen LogP contribution >= 0.6 is 22.9 Å². The first-order valence-corrected chi connectivity index (χ1v) is 8.59. The van der Waals surface area contributed by atoms with Gasteiger partial charge < -0.3 is 5.32 Å².